The number of hydrogen-bond donors (Lipinski definition) is 2. The van der Waals surface area contributed by atoms with E-state index in [-0.39, 0.29) is 5.56 Å². The lowest BCUT2D eigenvalue weighted by Gasteiger charge is -2.15. The first-order valence-electron chi connectivity index (χ1n) is 7.25. The number of fused-ring (bicyclic) bond motifs is 1. The van der Waals surface area contributed by atoms with E-state index in [1.165, 1.54) is 0 Å². The van der Waals surface area contributed by atoms with Crippen LogP contribution in [0, 0.1) is 6.92 Å². The van der Waals surface area contributed by atoms with E-state index >= 15 is 0 Å². The van der Waals surface area contributed by atoms with Crippen molar-refractivity contribution in [1.29, 1.82) is 0 Å². The molecule has 5 nitrogen and oxygen atoms in total. The molecule has 3 N–H and O–H groups in total. The third-order valence-electron chi connectivity index (χ3n) is 4.06. The van der Waals surface area contributed by atoms with E-state index in [0.29, 0.717) is 23.5 Å². The van der Waals surface area contributed by atoms with Gasteiger partial charge < -0.3 is 20.1 Å². The minimum absolute atomic E-state index is 0.257. The van der Waals surface area contributed by atoms with Crippen LogP contribution >= 0.6 is 0 Å². The fraction of sp³-hybridized carbons (Fsp3) is 0.167. The maximum atomic E-state index is 11.3. The summed E-state index contributed by atoms with van der Waals surface area (Å²) in [5.41, 5.74) is 9.44. The molecule has 0 amide bonds. The predicted octanol–water partition coefficient (Wildman–Crippen LogP) is 3.29. The number of hydrogen-bond acceptors (Lipinski definition) is 3. The number of aromatic carboxylic acids is 1. The first-order chi connectivity index (χ1) is 11.0. The number of methoxy groups -OCH3 is 1. The first kappa shape index (κ1) is 15.0. The molecule has 0 aliphatic rings. The number of nitrogens with zero attached hydrogens (tertiary/aromatic N) is 1. The third-order valence-corrected chi connectivity index (χ3v) is 4.06. The zero-order valence-corrected chi connectivity index (χ0v) is 13.0. The van der Waals surface area contributed by atoms with Crippen LogP contribution in [-0.4, -0.2) is 22.8 Å². The van der Waals surface area contributed by atoms with Crippen molar-refractivity contribution in [2.24, 2.45) is 0 Å². The molecule has 0 aliphatic carbocycles. The minimum atomic E-state index is -0.952. The van der Waals surface area contributed by atoms with Gasteiger partial charge in [0.1, 0.15) is 5.75 Å². The second-order valence-electron chi connectivity index (χ2n) is 5.50. The zero-order chi connectivity index (χ0) is 16.6. The molecule has 0 saturated carbocycles. The molecule has 0 bridgehead atoms. The Morgan fingerprint density at radius 1 is 1.26 bits per heavy atom. The van der Waals surface area contributed by atoms with Crippen molar-refractivity contribution < 1.29 is 14.6 Å². The molecular formula is C18H18N2O3. The number of carboxylic acids is 1. The molecule has 0 aliphatic heterocycles. The van der Waals surface area contributed by atoms with Crippen LogP contribution in [0.3, 0.4) is 0 Å². The molecule has 1 heterocycles. The lowest BCUT2D eigenvalue weighted by molar-refractivity contribution is 0.0695. The Hall–Kier alpha value is -2.95. The molecule has 0 fully saturated rings. The fourth-order valence-corrected chi connectivity index (χ4v) is 2.91. The summed E-state index contributed by atoms with van der Waals surface area (Å²) < 4.78 is 7.52. The standard InChI is InChI=1S/C18H18N2O3/c1-11-15(18(21)22)6-4-13(17(11)23-2)10-20-8-7-12-3-5-14(19)9-16(12)20/h3-9H,10,19H2,1-2H3,(H,21,22). The third kappa shape index (κ3) is 2.61. The van der Waals surface area contributed by atoms with Crippen molar-refractivity contribution in [2.45, 2.75) is 13.5 Å². The largest absolute Gasteiger partial charge is 0.496 e. The Labute approximate surface area is 133 Å². The highest BCUT2D eigenvalue weighted by atomic mass is 16.5. The van der Waals surface area contributed by atoms with Crippen molar-refractivity contribution in [3.05, 3.63) is 59.3 Å². The highest BCUT2D eigenvalue weighted by Gasteiger charge is 2.15. The average molecular weight is 310 g/mol. The smallest absolute Gasteiger partial charge is 0.336 e. The van der Waals surface area contributed by atoms with Crippen LogP contribution in [0.15, 0.2) is 42.6 Å². The van der Waals surface area contributed by atoms with Gasteiger partial charge in [-0.15, -0.1) is 0 Å². The summed E-state index contributed by atoms with van der Waals surface area (Å²) in [6.45, 7) is 2.34. The summed E-state index contributed by atoms with van der Waals surface area (Å²) in [4.78, 5) is 11.3. The number of carbonyl (C=O) groups is 1. The van der Waals surface area contributed by atoms with E-state index in [1.807, 2.05) is 30.5 Å². The normalized spacial score (nSPS) is 10.9. The number of benzene rings is 2. The van der Waals surface area contributed by atoms with Crippen molar-refractivity contribution in [1.82, 2.24) is 4.57 Å². The van der Waals surface area contributed by atoms with Gasteiger partial charge in [0.15, 0.2) is 0 Å². The molecule has 0 unspecified atom stereocenters. The van der Waals surface area contributed by atoms with Crippen LogP contribution in [-0.2, 0) is 6.54 Å². The number of aromatic nitrogens is 1. The molecule has 0 spiro atoms. The number of ether oxygens (including phenoxy) is 1. The van der Waals surface area contributed by atoms with Crippen molar-refractivity contribution in [2.75, 3.05) is 12.8 Å². The van der Waals surface area contributed by atoms with Crippen LogP contribution in [0.4, 0.5) is 5.69 Å². The second-order valence-corrected chi connectivity index (χ2v) is 5.50. The maximum absolute atomic E-state index is 11.3. The molecule has 23 heavy (non-hydrogen) atoms. The quantitative estimate of drug-likeness (QED) is 0.725. The van der Waals surface area contributed by atoms with Crippen LogP contribution < -0.4 is 10.5 Å². The number of rotatable bonds is 4. The number of nitrogen functional groups attached to an aromatic ring is 1. The zero-order valence-electron chi connectivity index (χ0n) is 13.0. The molecule has 3 rings (SSSR count). The monoisotopic (exact) mass is 310 g/mol. The summed E-state index contributed by atoms with van der Waals surface area (Å²) in [5, 5.41) is 10.3. The number of carboxylic acid groups (broad SMARTS) is 1. The highest BCUT2D eigenvalue weighted by molar-refractivity contribution is 5.90. The molecular weight excluding hydrogens is 292 g/mol. The summed E-state index contributed by atoms with van der Waals surface area (Å²) in [6, 6.07) is 11.2. The minimum Gasteiger partial charge on any atom is -0.496 e. The topological polar surface area (TPSA) is 77.5 Å². The van der Waals surface area contributed by atoms with Crippen molar-refractivity contribution in [3.8, 4) is 5.75 Å². The molecule has 3 aromatic rings. The predicted molar refractivity (Wildman–Crippen MR) is 90.1 cm³/mol. The van der Waals surface area contributed by atoms with E-state index < -0.39 is 5.97 Å². The van der Waals surface area contributed by atoms with Gasteiger partial charge in [-0.2, -0.15) is 0 Å². The van der Waals surface area contributed by atoms with Gasteiger partial charge in [-0.05, 0) is 36.6 Å². The Bertz CT molecular complexity index is 897. The van der Waals surface area contributed by atoms with Crippen LogP contribution in [0.5, 0.6) is 5.75 Å². The SMILES string of the molecule is COc1c(Cn2ccc3ccc(N)cc32)ccc(C(=O)O)c1C. The van der Waals surface area contributed by atoms with Gasteiger partial charge in [0.05, 0.1) is 24.7 Å². The van der Waals surface area contributed by atoms with Gasteiger partial charge in [-0.3, -0.25) is 0 Å². The van der Waals surface area contributed by atoms with E-state index in [1.54, 1.807) is 26.2 Å². The van der Waals surface area contributed by atoms with Gasteiger partial charge in [0.2, 0.25) is 0 Å². The van der Waals surface area contributed by atoms with E-state index in [4.69, 9.17) is 10.5 Å². The molecule has 0 radical (unpaired) electrons. The lowest BCUT2D eigenvalue weighted by Crippen LogP contribution is -2.06. The first-order valence-corrected chi connectivity index (χ1v) is 7.25. The summed E-state index contributed by atoms with van der Waals surface area (Å²) in [6.07, 6.45) is 1.99. The number of nitrogens with two attached hydrogens (primary N) is 1. The molecule has 1 aromatic heterocycles. The highest BCUT2D eigenvalue weighted by Crippen LogP contribution is 2.29. The average Bonchev–Trinajstić information content (AvgIpc) is 2.89. The summed E-state index contributed by atoms with van der Waals surface area (Å²) >= 11 is 0. The molecule has 5 heteroatoms. The van der Waals surface area contributed by atoms with Crippen LogP contribution in [0.1, 0.15) is 21.5 Å². The van der Waals surface area contributed by atoms with Gasteiger partial charge in [-0.25, -0.2) is 4.79 Å². The fourth-order valence-electron chi connectivity index (χ4n) is 2.91. The maximum Gasteiger partial charge on any atom is 0.336 e. The van der Waals surface area contributed by atoms with E-state index in [0.717, 1.165) is 16.5 Å². The van der Waals surface area contributed by atoms with Gasteiger partial charge in [0.25, 0.3) is 0 Å². The molecule has 118 valence electrons. The Kier molecular flexibility index (Phi) is 3.70. The van der Waals surface area contributed by atoms with Crippen molar-refractivity contribution >= 4 is 22.6 Å². The van der Waals surface area contributed by atoms with E-state index in [9.17, 15) is 9.90 Å². The van der Waals surface area contributed by atoms with E-state index in [2.05, 4.69) is 4.57 Å². The van der Waals surface area contributed by atoms with Crippen LogP contribution in [0.25, 0.3) is 10.9 Å². The van der Waals surface area contributed by atoms with Gasteiger partial charge in [-0.1, -0.05) is 12.1 Å². The van der Waals surface area contributed by atoms with Crippen LogP contribution in [0.2, 0.25) is 0 Å². The Morgan fingerprint density at radius 2 is 2.04 bits per heavy atom. The Balaban J connectivity index is 2.07. The second kappa shape index (κ2) is 5.68. The van der Waals surface area contributed by atoms with Crippen molar-refractivity contribution in [3.63, 3.8) is 0 Å². The number of anilines is 1. The van der Waals surface area contributed by atoms with Gasteiger partial charge in [0, 0.05) is 23.0 Å². The summed E-state index contributed by atoms with van der Waals surface area (Å²) in [7, 11) is 1.56. The van der Waals surface area contributed by atoms with Gasteiger partial charge >= 0.3 is 5.97 Å². The molecule has 0 saturated heterocycles. The molecule has 2 aromatic carbocycles. The molecule has 0 atom stereocenters. The Morgan fingerprint density at radius 3 is 2.74 bits per heavy atom. The lowest BCUT2D eigenvalue weighted by atomic mass is 10.0. The summed E-state index contributed by atoms with van der Waals surface area (Å²) in [5.74, 6) is -0.345.